The van der Waals surface area contributed by atoms with Crippen LogP contribution < -0.4 is 5.32 Å². The number of thiophene rings is 1. The molecule has 24 heavy (non-hydrogen) atoms. The van der Waals surface area contributed by atoms with Crippen molar-refractivity contribution in [2.75, 3.05) is 19.4 Å². The molecule has 1 N–H and O–H groups in total. The summed E-state index contributed by atoms with van der Waals surface area (Å²) in [5.74, 6) is -0.257. The average molecular weight is 341 g/mol. The van der Waals surface area contributed by atoms with E-state index in [9.17, 15) is 4.79 Å². The lowest BCUT2D eigenvalue weighted by atomic mass is 10.2. The summed E-state index contributed by atoms with van der Waals surface area (Å²) in [6.45, 7) is 1.49. The zero-order valence-electron chi connectivity index (χ0n) is 13.6. The van der Waals surface area contributed by atoms with Crippen molar-refractivity contribution in [3.05, 3.63) is 64.1 Å². The monoisotopic (exact) mass is 341 g/mol. The van der Waals surface area contributed by atoms with Gasteiger partial charge >= 0.3 is 0 Å². The Bertz CT molecular complexity index is 793. The molecular weight excluding hydrogens is 322 g/mol. The summed E-state index contributed by atoms with van der Waals surface area (Å²) in [6.07, 6.45) is 1.66. The molecule has 0 atom stereocenters. The molecule has 1 amide bonds. The second-order valence-electron chi connectivity index (χ2n) is 5.77. The van der Waals surface area contributed by atoms with Crippen molar-refractivity contribution in [2.45, 2.75) is 13.1 Å². The van der Waals surface area contributed by atoms with Gasteiger partial charge in [0.1, 0.15) is 0 Å². The third kappa shape index (κ3) is 4.27. The number of aromatic nitrogens is 3. The van der Waals surface area contributed by atoms with Crippen LogP contribution in [-0.2, 0) is 13.1 Å². The number of benzene rings is 1. The SMILES string of the molecule is CN(C)Cc1ccc(NC(=O)c2cn(Cc3cccs3)nn2)cc1. The first-order valence-corrected chi connectivity index (χ1v) is 8.45. The number of carbonyl (C=O) groups excluding carboxylic acids is 1. The molecule has 0 spiro atoms. The quantitative estimate of drug-likeness (QED) is 0.749. The Morgan fingerprint density at radius 2 is 2.04 bits per heavy atom. The fourth-order valence-corrected chi connectivity index (χ4v) is 2.99. The van der Waals surface area contributed by atoms with Crippen LogP contribution in [0.4, 0.5) is 5.69 Å². The fraction of sp³-hybridized carbons (Fsp3) is 0.235. The van der Waals surface area contributed by atoms with Gasteiger partial charge in [-0.3, -0.25) is 4.79 Å². The predicted octanol–water partition coefficient (Wildman–Crippen LogP) is 2.70. The number of amides is 1. The molecule has 2 heterocycles. The van der Waals surface area contributed by atoms with E-state index in [1.807, 2.05) is 55.9 Å². The predicted molar refractivity (Wildman–Crippen MR) is 95.2 cm³/mol. The van der Waals surface area contributed by atoms with E-state index in [4.69, 9.17) is 0 Å². The lowest BCUT2D eigenvalue weighted by Gasteiger charge is -2.10. The maximum absolute atomic E-state index is 12.3. The van der Waals surface area contributed by atoms with Crippen LogP contribution in [0.2, 0.25) is 0 Å². The van der Waals surface area contributed by atoms with Crippen LogP contribution >= 0.6 is 11.3 Å². The van der Waals surface area contributed by atoms with E-state index < -0.39 is 0 Å². The number of carbonyl (C=O) groups is 1. The summed E-state index contributed by atoms with van der Waals surface area (Å²) in [6, 6.07) is 11.8. The molecular formula is C17H19N5OS. The zero-order chi connectivity index (χ0) is 16.9. The number of nitrogens with zero attached hydrogens (tertiary/aromatic N) is 4. The normalized spacial score (nSPS) is 11.0. The van der Waals surface area contributed by atoms with Crippen LogP contribution in [0.1, 0.15) is 20.9 Å². The lowest BCUT2D eigenvalue weighted by Crippen LogP contribution is -2.13. The molecule has 2 aromatic heterocycles. The Hall–Kier alpha value is -2.51. The van der Waals surface area contributed by atoms with Gasteiger partial charge in [0.2, 0.25) is 0 Å². The van der Waals surface area contributed by atoms with Crippen LogP contribution in [-0.4, -0.2) is 39.9 Å². The molecule has 0 aliphatic heterocycles. The molecule has 124 valence electrons. The smallest absolute Gasteiger partial charge is 0.277 e. The third-order valence-corrected chi connectivity index (χ3v) is 4.24. The Morgan fingerprint density at radius 3 is 2.71 bits per heavy atom. The highest BCUT2D eigenvalue weighted by Gasteiger charge is 2.11. The van der Waals surface area contributed by atoms with Gasteiger partial charge in [0.15, 0.2) is 5.69 Å². The summed E-state index contributed by atoms with van der Waals surface area (Å²) in [5.41, 5.74) is 2.25. The Labute approximate surface area is 144 Å². The summed E-state index contributed by atoms with van der Waals surface area (Å²) >= 11 is 1.65. The van der Waals surface area contributed by atoms with Gasteiger partial charge in [0.25, 0.3) is 5.91 Å². The minimum absolute atomic E-state index is 0.257. The molecule has 0 aliphatic carbocycles. The number of hydrogen-bond donors (Lipinski definition) is 1. The summed E-state index contributed by atoms with van der Waals surface area (Å²) in [5, 5.41) is 12.8. The molecule has 0 fully saturated rings. The van der Waals surface area contributed by atoms with Crippen LogP contribution in [0, 0.1) is 0 Å². The molecule has 3 aromatic rings. The Balaban J connectivity index is 1.61. The van der Waals surface area contributed by atoms with Crippen LogP contribution in [0.3, 0.4) is 0 Å². The van der Waals surface area contributed by atoms with Crippen molar-refractivity contribution in [3.8, 4) is 0 Å². The van der Waals surface area contributed by atoms with Gasteiger partial charge < -0.3 is 10.2 Å². The van der Waals surface area contributed by atoms with E-state index >= 15 is 0 Å². The summed E-state index contributed by atoms with van der Waals surface area (Å²) < 4.78 is 1.67. The standard InChI is InChI=1S/C17H19N5OS/c1-21(2)10-13-5-7-14(8-6-13)18-17(23)16-12-22(20-19-16)11-15-4-3-9-24-15/h3-9,12H,10-11H2,1-2H3,(H,18,23). The van der Waals surface area contributed by atoms with Crippen LogP contribution in [0.5, 0.6) is 0 Å². The summed E-state index contributed by atoms with van der Waals surface area (Å²) in [7, 11) is 4.05. The zero-order valence-corrected chi connectivity index (χ0v) is 14.5. The van der Waals surface area contributed by atoms with Gasteiger partial charge in [-0.05, 0) is 43.2 Å². The van der Waals surface area contributed by atoms with Crippen molar-refractivity contribution in [1.29, 1.82) is 0 Å². The molecule has 1 aromatic carbocycles. The second kappa shape index (κ2) is 7.37. The van der Waals surface area contributed by atoms with E-state index in [2.05, 4.69) is 20.5 Å². The topological polar surface area (TPSA) is 63.1 Å². The first-order valence-electron chi connectivity index (χ1n) is 7.58. The Morgan fingerprint density at radius 1 is 1.25 bits per heavy atom. The minimum atomic E-state index is -0.257. The maximum atomic E-state index is 12.3. The van der Waals surface area contributed by atoms with Gasteiger partial charge in [-0.25, -0.2) is 4.68 Å². The van der Waals surface area contributed by atoms with E-state index in [-0.39, 0.29) is 5.91 Å². The van der Waals surface area contributed by atoms with E-state index in [0.29, 0.717) is 12.2 Å². The van der Waals surface area contributed by atoms with Gasteiger partial charge in [0, 0.05) is 17.1 Å². The molecule has 0 saturated heterocycles. The molecule has 7 heteroatoms. The highest BCUT2D eigenvalue weighted by atomic mass is 32.1. The van der Waals surface area contributed by atoms with Crippen LogP contribution in [0.15, 0.2) is 48.0 Å². The Kier molecular flexibility index (Phi) is 5.02. The fourth-order valence-electron chi connectivity index (χ4n) is 2.30. The lowest BCUT2D eigenvalue weighted by molar-refractivity contribution is 0.102. The largest absolute Gasteiger partial charge is 0.321 e. The van der Waals surface area contributed by atoms with Crippen LogP contribution in [0.25, 0.3) is 0 Å². The third-order valence-electron chi connectivity index (χ3n) is 3.38. The highest BCUT2D eigenvalue weighted by Crippen LogP contribution is 2.13. The van der Waals surface area contributed by atoms with Gasteiger partial charge in [0.05, 0.1) is 12.7 Å². The van der Waals surface area contributed by atoms with Gasteiger partial charge in [-0.1, -0.05) is 23.4 Å². The van der Waals surface area contributed by atoms with E-state index in [1.165, 1.54) is 10.4 Å². The van der Waals surface area contributed by atoms with Crippen molar-refractivity contribution in [1.82, 2.24) is 19.9 Å². The molecule has 0 saturated carbocycles. The molecule has 0 radical (unpaired) electrons. The molecule has 6 nitrogen and oxygen atoms in total. The van der Waals surface area contributed by atoms with E-state index in [0.717, 1.165) is 12.2 Å². The summed E-state index contributed by atoms with van der Waals surface area (Å²) in [4.78, 5) is 15.5. The molecule has 0 aliphatic rings. The number of rotatable bonds is 6. The number of anilines is 1. The molecule has 3 rings (SSSR count). The number of hydrogen-bond acceptors (Lipinski definition) is 5. The van der Waals surface area contributed by atoms with Gasteiger partial charge in [-0.2, -0.15) is 0 Å². The van der Waals surface area contributed by atoms with Crippen molar-refractivity contribution < 1.29 is 4.79 Å². The van der Waals surface area contributed by atoms with E-state index in [1.54, 1.807) is 22.2 Å². The first-order chi connectivity index (χ1) is 11.6. The second-order valence-corrected chi connectivity index (χ2v) is 6.80. The average Bonchev–Trinajstić information content (AvgIpc) is 3.21. The van der Waals surface area contributed by atoms with Gasteiger partial charge in [-0.15, -0.1) is 16.4 Å². The number of nitrogens with one attached hydrogen (secondary N) is 1. The van der Waals surface area contributed by atoms with Crippen molar-refractivity contribution >= 4 is 22.9 Å². The first kappa shape index (κ1) is 16.4. The van der Waals surface area contributed by atoms with Crippen molar-refractivity contribution in [2.24, 2.45) is 0 Å². The minimum Gasteiger partial charge on any atom is -0.321 e. The molecule has 0 bridgehead atoms. The highest BCUT2D eigenvalue weighted by molar-refractivity contribution is 7.09. The molecule has 0 unspecified atom stereocenters. The maximum Gasteiger partial charge on any atom is 0.277 e. The van der Waals surface area contributed by atoms with Crippen molar-refractivity contribution in [3.63, 3.8) is 0 Å².